The number of nitrogens with zero attached hydrogens (tertiary/aromatic N) is 1. The molecule has 19 heavy (non-hydrogen) atoms. The fraction of sp³-hybridized carbons (Fsp3) is 0.600. The highest BCUT2D eigenvalue weighted by Gasteiger charge is 2.24. The van der Waals surface area contributed by atoms with Gasteiger partial charge in [-0.2, -0.15) is 0 Å². The Morgan fingerprint density at radius 2 is 2.11 bits per heavy atom. The lowest BCUT2D eigenvalue weighted by Gasteiger charge is -2.36. The minimum atomic E-state index is -0.119. The lowest BCUT2D eigenvalue weighted by molar-refractivity contribution is 0.136. The minimum Gasteiger partial charge on any atom is -0.330 e. The fourth-order valence-corrected chi connectivity index (χ4v) is 3.23. The topological polar surface area (TPSA) is 29.3 Å². The zero-order valence-electron chi connectivity index (χ0n) is 11.4. The highest BCUT2D eigenvalue weighted by Crippen LogP contribution is 2.30. The molecule has 0 radical (unpaired) electrons. The second kappa shape index (κ2) is 6.82. The minimum absolute atomic E-state index is 0.119. The van der Waals surface area contributed by atoms with E-state index in [1.807, 2.05) is 12.1 Å². The molecule has 1 heterocycles. The Balaban J connectivity index is 1.99. The van der Waals surface area contributed by atoms with Gasteiger partial charge in [0.15, 0.2) is 0 Å². The van der Waals surface area contributed by atoms with Gasteiger partial charge in [-0.25, -0.2) is 4.39 Å². The molecule has 106 valence electrons. The van der Waals surface area contributed by atoms with Crippen molar-refractivity contribution in [3.8, 4) is 0 Å². The maximum atomic E-state index is 14.0. The maximum Gasteiger partial charge on any atom is 0.129 e. The van der Waals surface area contributed by atoms with E-state index in [2.05, 4.69) is 27.8 Å². The molecule has 4 heteroatoms. The van der Waals surface area contributed by atoms with E-state index in [-0.39, 0.29) is 11.9 Å². The van der Waals surface area contributed by atoms with E-state index < -0.39 is 0 Å². The van der Waals surface area contributed by atoms with E-state index in [4.69, 9.17) is 5.73 Å². The molecule has 1 fully saturated rings. The molecule has 1 atom stereocenters. The zero-order chi connectivity index (χ0) is 13.8. The first-order valence-electron chi connectivity index (χ1n) is 7.01. The van der Waals surface area contributed by atoms with Crippen LogP contribution in [-0.4, -0.2) is 24.5 Å². The summed E-state index contributed by atoms with van der Waals surface area (Å²) >= 11 is 3.30. The van der Waals surface area contributed by atoms with Crippen molar-refractivity contribution in [3.05, 3.63) is 34.1 Å². The molecule has 2 N–H and O–H groups in total. The van der Waals surface area contributed by atoms with Crippen molar-refractivity contribution < 1.29 is 4.39 Å². The van der Waals surface area contributed by atoms with Crippen LogP contribution in [0.4, 0.5) is 4.39 Å². The molecule has 0 aliphatic carbocycles. The molecule has 0 spiro atoms. The number of halogens is 2. The molecule has 1 aliphatic rings. The lowest BCUT2D eigenvalue weighted by atomic mass is 9.92. The number of piperidine rings is 1. The highest BCUT2D eigenvalue weighted by atomic mass is 79.9. The normalized spacial score (nSPS) is 19.6. The largest absolute Gasteiger partial charge is 0.330 e. The van der Waals surface area contributed by atoms with Crippen LogP contribution in [0, 0.1) is 11.7 Å². The van der Waals surface area contributed by atoms with Crippen LogP contribution in [0.2, 0.25) is 0 Å². The second-order valence-electron chi connectivity index (χ2n) is 5.40. The van der Waals surface area contributed by atoms with Gasteiger partial charge >= 0.3 is 0 Å². The summed E-state index contributed by atoms with van der Waals surface area (Å²) in [6.45, 7) is 4.96. The Morgan fingerprint density at radius 3 is 2.68 bits per heavy atom. The molecule has 2 rings (SSSR count). The monoisotopic (exact) mass is 328 g/mol. The van der Waals surface area contributed by atoms with Crippen molar-refractivity contribution in [3.63, 3.8) is 0 Å². The van der Waals surface area contributed by atoms with Crippen molar-refractivity contribution in [1.29, 1.82) is 0 Å². The number of nitrogens with two attached hydrogens (primary N) is 1. The van der Waals surface area contributed by atoms with E-state index in [0.29, 0.717) is 0 Å². The molecular formula is C15H22BrFN2. The van der Waals surface area contributed by atoms with Crippen molar-refractivity contribution in [1.82, 2.24) is 4.90 Å². The first kappa shape index (κ1) is 14.9. The Labute approximate surface area is 123 Å². The van der Waals surface area contributed by atoms with Gasteiger partial charge in [-0.1, -0.05) is 22.0 Å². The third-order valence-corrected chi connectivity index (χ3v) is 4.68. The third kappa shape index (κ3) is 3.77. The fourth-order valence-electron chi connectivity index (χ4n) is 2.90. The number of hydrogen-bond acceptors (Lipinski definition) is 2. The van der Waals surface area contributed by atoms with Crippen LogP contribution >= 0.6 is 15.9 Å². The van der Waals surface area contributed by atoms with Crippen LogP contribution in [0.3, 0.4) is 0 Å². The summed E-state index contributed by atoms with van der Waals surface area (Å²) in [5.74, 6) is 0.633. The summed E-state index contributed by atoms with van der Waals surface area (Å²) in [5.41, 5.74) is 6.40. The lowest BCUT2D eigenvalue weighted by Crippen LogP contribution is -2.36. The van der Waals surface area contributed by atoms with E-state index >= 15 is 0 Å². The summed E-state index contributed by atoms with van der Waals surface area (Å²) in [7, 11) is 0. The van der Waals surface area contributed by atoms with Gasteiger partial charge in [-0.3, -0.25) is 4.90 Å². The van der Waals surface area contributed by atoms with Crippen LogP contribution in [-0.2, 0) is 0 Å². The number of benzene rings is 1. The molecule has 1 saturated heterocycles. The van der Waals surface area contributed by atoms with Gasteiger partial charge in [0, 0.05) is 16.1 Å². The Hall–Kier alpha value is -0.450. The number of hydrogen-bond donors (Lipinski definition) is 1. The molecule has 0 amide bonds. The summed E-state index contributed by atoms with van der Waals surface area (Å²) in [5, 5.41) is 0. The van der Waals surface area contributed by atoms with Gasteiger partial charge in [-0.15, -0.1) is 0 Å². The quantitative estimate of drug-likeness (QED) is 0.912. The zero-order valence-corrected chi connectivity index (χ0v) is 13.0. The molecule has 1 aliphatic heterocycles. The van der Waals surface area contributed by atoms with Gasteiger partial charge in [-0.05, 0) is 63.9 Å². The van der Waals surface area contributed by atoms with Gasteiger partial charge in [0.05, 0.1) is 0 Å². The maximum absolute atomic E-state index is 14.0. The molecular weight excluding hydrogens is 307 g/mol. The average molecular weight is 329 g/mol. The van der Waals surface area contributed by atoms with E-state index in [1.165, 1.54) is 12.8 Å². The highest BCUT2D eigenvalue weighted by molar-refractivity contribution is 9.10. The Bertz CT molecular complexity index is 417. The van der Waals surface area contributed by atoms with E-state index in [0.717, 1.165) is 42.0 Å². The average Bonchev–Trinajstić information content (AvgIpc) is 2.39. The predicted octanol–water partition coefficient (Wildman–Crippen LogP) is 3.71. The third-order valence-electron chi connectivity index (χ3n) is 4.18. The van der Waals surface area contributed by atoms with Gasteiger partial charge < -0.3 is 5.73 Å². The molecule has 1 aromatic carbocycles. The molecule has 0 saturated carbocycles. The van der Waals surface area contributed by atoms with E-state index in [9.17, 15) is 4.39 Å². The first-order valence-corrected chi connectivity index (χ1v) is 7.80. The number of rotatable bonds is 4. The second-order valence-corrected chi connectivity index (χ2v) is 6.31. The van der Waals surface area contributed by atoms with Crippen molar-refractivity contribution in [2.24, 2.45) is 11.7 Å². The van der Waals surface area contributed by atoms with Gasteiger partial charge in [0.2, 0.25) is 0 Å². The smallest absolute Gasteiger partial charge is 0.129 e. The van der Waals surface area contributed by atoms with Crippen molar-refractivity contribution in [2.75, 3.05) is 19.6 Å². The van der Waals surface area contributed by atoms with Crippen molar-refractivity contribution in [2.45, 2.75) is 32.2 Å². The van der Waals surface area contributed by atoms with Crippen LogP contribution in [0.1, 0.15) is 37.8 Å². The molecule has 1 unspecified atom stereocenters. The van der Waals surface area contributed by atoms with Crippen LogP contribution in [0.5, 0.6) is 0 Å². The summed E-state index contributed by atoms with van der Waals surface area (Å²) in [6, 6.07) is 5.49. The Kier molecular flexibility index (Phi) is 5.37. The van der Waals surface area contributed by atoms with Gasteiger partial charge in [0.1, 0.15) is 5.82 Å². The van der Waals surface area contributed by atoms with Crippen LogP contribution in [0.25, 0.3) is 0 Å². The van der Waals surface area contributed by atoms with Gasteiger partial charge in [0.25, 0.3) is 0 Å². The standard InChI is InChI=1S/C15H22BrFN2/c1-11(14-3-2-13(16)10-15(14)17)19-8-5-12(4-7-18)6-9-19/h2-3,10-12H,4-9,18H2,1H3. The summed E-state index contributed by atoms with van der Waals surface area (Å²) in [4.78, 5) is 2.37. The summed E-state index contributed by atoms with van der Waals surface area (Å²) in [6.07, 6.45) is 3.48. The van der Waals surface area contributed by atoms with E-state index in [1.54, 1.807) is 6.07 Å². The van der Waals surface area contributed by atoms with Crippen LogP contribution in [0.15, 0.2) is 22.7 Å². The molecule has 0 aromatic heterocycles. The summed E-state index contributed by atoms with van der Waals surface area (Å²) < 4.78 is 14.8. The van der Waals surface area contributed by atoms with Crippen LogP contribution < -0.4 is 5.73 Å². The first-order chi connectivity index (χ1) is 9.11. The van der Waals surface area contributed by atoms with Crippen molar-refractivity contribution >= 4 is 15.9 Å². The molecule has 1 aromatic rings. The number of likely N-dealkylation sites (tertiary alicyclic amines) is 1. The molecule has 2 nitrogen and oxygen atoms in total. The Morgan fingerprint density at radius 1 is 1.42 bits per heavy atom. The molecule has 0 bridgehead atoms. The SMILES string of the molecule is CC(c1ccc(Br)cc1F)N1CCC(CCN)CC1. The predicted molar refractivity (Wildman–Crippen MR) is 80.5 cm³/mol.